The summed E-state index contributed by atoms with van der Waals surface area (Å²) in [4.78, 5) is 0. The Hall–Kier alpha value is -2.34. The predicted octanol–water partition coefficient (Wildman–Crippen LogP) is 5.23. The second-order valence-electron chi connectivity index (χ2n) is 5.48. The lowest BCUT2D eigenvalue weighted by atomic mass is 9.95. The molecule has 0 N–H and O–H groups in total. The molecule has 1 aliphatic carbocycles. The zero-order valence-corrected chi connectivity index (χ0v) is 11.6. The third-order valence-electron chi connectivity index (χ3n) is 4.26. The number of aryl methyl sites for hydroxylation is 1. The van der Waals surface area contributed by atoms with Crippen molar-refractivity contribution in [3.8, 4) is 22.3 Å². The number of benzene rings is 3. The first-order valence-corrected chi connectivity index (χ1v) is 7.11. The molecule has 0 nitrogen and oxygen atoms in total. The minimum Gasteiger partial charge on any atom is -0.0622 e. The van der Waals surface area contributed by atoms with Crippen molar-refractivity contribution in [2.45, 2.75) is 13.3 Å². The second-order valence-corrected chi connectivity index (χ2v) is 5.48. The third-order valence-corrected chi connectivity index (χ3v) is 4.26. The Labute approximate surface area is 119 Å². The van der Waals surface area contributed by atoms with Crippen LogP contribution in [0.1, 0.15) is 16.7 Å². The highest BCUT2D eigenvalue weighted by molar-refractivity contribution is 5.86. The molecule has 0 radical (unpaired) electrons. The van der Waals surface area contributed by atoms with E-state index in [4.69, 9.17) is 0 Å². The molecule has 0 amide bonds. The van der Waals surface area contributed by atoms with Gasteiger partial charge in [-0.1, -0.05) is 66.7 Å². The summed E-state index contributed by atoms with van der Waals surface area (Å²) >= 11 is 0. The van der Waals surface area contributed by atoms with Gasteiger partial charge >= 0.3 is 0 Å². The van der Waals surface area contributed by atoms with Crippen LogP contribution in [0.25, 0.3) is 22.3 Å². The summed E-state index contributed by atoms with van der Waals surface area (Å²) < 4.78 is 0. The molecular weight excluding hydrogens is 240 g/mol. The third kappa shape index (κ3) is 1.61. The van der Waals surface area contributed by atoms with Crippen molar-refractivity contribution in [2.75, 3.05) is 0 Å². The lowest BCUT2D eigenvalue weighted by molar-refractivity contribution is 1.26. The van der Waals surface area contributed by atoms with Gasteiger partial charge in [0, 0.05) is 0 Å². The van der Waals surface area contributed by atoms with E-state index >= 15 is 0 Å². The molecule has 3 aromatic rings. The summed E-state index contributed by atoms with van der Waals surface area (Å²) in [5, 5.41) is 0. The van der Waals surface area contributed by atoms with Crippen LogP contribution in [0.5, 0.6) is 0 Å². The summed E-state index contributed by atoms with van der Waals surface area (Å²) in [6.07, 6.45) is 1.05. The van der Waals surface area contributed by atoms with Crippen molar-refractivity contribution in [2.24, 2.45) is 0 Å². The molecule has 0 heteroatoms. The second kappa shape index (κ2) is 4.35. The highest BCUT2D eigenvalue weighted by Gasteiger charge is 2.22. The average Bonchev–Trinajstić information content (AvgIpc) is 2.88. The summed E-state index contributed by atoms with van der Waals surface area (Å²) in [6.45, 7) is 2.21. The molecule has 0 atom stereocenters. The predicted molar refractivity (Wildman–Crippen MR) is 84.9 cm³/mol. The topological polar surface area (TPSA) is 0 Å². The summed E-state index contributed by atoms with van der Waals surface area (Å²) in [5.74, 6) is 0. The molecule has 0 saturated carbocycles. The monoisotopic (exact) mass is 256 g/mol. The van der Waals surface area contributed by atoms with Gasteiger partial charge < -0.3 is 0 Å². The zero-order valence-electron chi connectivity index (χ0n) is 11.6. The van der Waals surface area contributed by atoms with E-state index in [1.54, 1.807) is 0 Å². The van der Waals surface area contributed by atoms with Crippen LogP contribution < -0.4 is 0 Å². The van der Waals surface area contributed by atoms with Crippen molar-refractivity contribution in [1.29, 1.82) is 0 Å². The first-order chi connectivity index (χ1) is 9.84. The molecule has 0 aliphatic heterocycles. The van der Waals surface area contributed by atoms with Crippen LogP contribution in [0.3, 0.4) is 0 Å². The SMILES string of the molecule is Cc1cccc2c1-c1cccc(-c3ccccc3)c1C2. The van der Waals surface area contributed by atoms with Crippen LogP contribution in [0.4, 0.5) is 0 Å². The average molecular weight is 256 g/mol. The Bertz CT molecular complexity index is 782. The largest absolute Gasteiger partial charge is 0.0622 e. The molecule has 0 aromatic heterocycles. The molecule has 96 valence electrons. The van der Waals surface area contributed by atoms with Crippen LogP contribution in [-0.4, -0.2) is 0 Å². The summed E-state index contributed by atoms with van der Waals surface area (Å²) in [7, 11) is 0. The van der Waals surface area contributed by atoms with E-state index in [0.717, 1.165) is 6.42 Å². The fourth-order valence-corrected chi connectivity index (χ4v) is 3.35. The van der Waals surface area contributed by atoms with Gasteiger partial charge in [0.15, 0.2) is 0 Å². The first-order valence-electron chi connectivity index (χ1n) is 7.11. The lowest BCUT2D eigenvalue weighted by Gasteiger charge is -2.09. The number of rotatable bonds is 1. The van der Waals surface area contributed by atoms with Crippen molar-refractivity contribution in [1.82, 2.24) is 0 Å². The lowest BCUT2D eigenvalue weighted by Crippen LogP contribution is -1.87. The molecular formula is C20H16. The number of hydrogen-bond acceptors (Lipinski definition) is 0. The van der Waals surface area contributed by atoms with Gasteiger partial charge in [0.25, 0.3) is 0 Å². The Morgan fingerprint density at radius 1 is 0.700 bits per heavy atom. The maximum atomic E-state index is 2.26. The standard InChI is InChI=1S/C20H16/c1-14-7-5-10-16-13-19-17(15-8-3-2-4-9-15)11-6-12-18(19)20(14)16/h2-12H,13H2,1H3. The molecule has 0 unspecified atom stereocenters. The summed E-state index contributed by atoms with van der Waals surface area (Å²) in [6, 6.07) is 24.0. The molecule has 0 bridgehead atoms. The maximum Gasteiger partial charge on any atom is -0.000718 e. The molecule has 20 heavy (non-hydrogen) atoms. The molecule has 4 rings (SSSR count). The van der Waals surface area contributed by atoms with E-state index in [1.165, 1.54) is 38.9 Å². The fourth-order valence-electron chi connectivity index (χ4n) is 3.35. The fraction of sp³-hybridized carbons (Fsp3) is 0.100. The highest BCUT2D eigenvalue weighted by atomic mass is 14.3. The molecule has 0 saturated heterocycles. The van der Waals surface area contributed by atoms with Crippen LogP contribution in [-0.2, 0) is 6.42 Å². The van der Waals surface area contributed by atoms with E-state index in [-0.39, 0.29) is 0 Å². The van der Waals surface area contributed by atoms with Gasteiger partial charge in [0.1, 0.15) is 0 Å². The van der Waals surface area contributed by atoms with Gasteiger partial charge in [0.05, 0.1) is 0 Å². The Kier molecular flexibility index (Phi) is 2.50. The Morgan fingerprint density at radius 2 is 1.45 bits per heavy atom. The molecule has 1 aliphatic rings. The van der Waals surface area contributed by atoms with Crippen molar-refractivity contribution < 1.29 is 0 Å². The molecule has 3 aromatic carbocycles. The van der Waals surface area contributed by atoms with Gasteiger partial charge in [-0.2, -0.15) is 0 Å². The first kappa shape index (κ1) is 11.5. The highest BCUT2D eigenvalue weighted by Crippen LogP contribution is 2.42. The number of hydrogen-bond donors (Lipinski definition) is 0. The van der Waals surface area contributed by atoms with Gasteiger partial charge in [-0.15, -0.1) is 0 Å². The summed E-state index contributed by atoms with van der Waals surface area (Å²) in [5.41, 5.74) is 9.87. The van der Waals surface area contributed by atoms with Gasteiger partial charge in [-0.3, -0.25) is 0 Å². The van der Waals surface area contributed by atoms with Gasteiger partial charge in [0.2, 0.25) is 0 Å². The van der Waals surface area contributed by atoms with E-state index in [9.17, 15) is 0 Å². The quantitative estimate of drug-likeness (QED) is 0.437. The minimum atomic E-state index is 1.05. The molecule has 0 fully saturated rings. The van der Waals surface area contributed by atoms with Crippen molar-refractivity contribution in [3.05, 3.63) is 83.4 Å². The zero-order chi connectivity index (χ0) is 13.5. The van der Waals surface area contributed by atoms with Crippen molar-refractivity contribution in [3.63, 3.8) is 0 Å². The van der Waals surface area contributed by atoms with E-state index in [2.05, 4.69) is 73.7 Å². The van der Waals surface area contributed by atoms with E-state index < -0.39 is 0 Å². The van der Waals surface area contributed by atoms with Gasteiger partial charge in [-0.25, -0.2) is 0 Å². The Balaban J connectivity index is 1.97. The van der Waals surface area contributed by atoms with E-state index in [1.807, 2.05) is 0 Å². The van der Waals surface area contributed by atoms with Crippen LogP contribution >= 0.6 is 0 Å². The normalized spacial score (nSPS) is 12.1. The van der Waals surface area contributed by atoms with Gasteiger partial charge in [-0.05, 0) is 52.3 Å². The maximum absolute atomic E-state index is 2.26. The smallest absolute Gasteiger partial charge is 0.000718 e. The molecule has 0 spiro atoms. The molecule has 0 heterocycles. The van der Waals surface area contributed by atoms with Crippen LogP contribution in [0, 0.1) is 6.92 Å². The van der Waals surface area contributed by atoms with E-state index in [0.29, 0.717) is 0 Å². The van der Waals surface area contributed by atoms with Crippen LogP contribution in [0.2, 0.25) is 0 Å². The Morgan fingerprint density at radius 3 is 2.30 bits per heavy atom. The minimum absolute atomic E-state index is 1.05. The van der Waals surface area contributed by atoms with Crippen LogP contribution in [0.15, 0.2) is 66.7 Å². The number of fused-ring (bicyclic) bond motifs is 3. The van der Waals surface area contributed by atoms with Crippen molar-refractivity contribution >= 4 is 0 Å².